The van der Waals surface area contributed by atoms with Crippen LogP contribution in [-0.2, 0) is 6.54 Å². The van der Waals surface area contributed by atoms with Gasteiger partial charge in [-0.3, -0.25) is 9.88 Å². The Morgan fingerprint density at radius 2 is 2.10 bits per heavy atom. The molecule has 1 aromatic heterocycles. The van der Waals surface area contributed by atoms with Gasteiger partial charge in [0.1, 0.15) is 5.82 Å². The second kappa shape index (κ2) is 6.71. The predicted octanol–water partition coefficient (Wildman–Crippen LogP) is 1.65. The normalized spacial score (nSPS) is 23.4. The Kier molecular flexibility index (Phi) is 4.70. The van der Waals surface area contributed by atoms with Gasteiger partial charge in [-0.1, -0.05) is 13.8 Å². The maximum Gasteiger partial charge on any atom is 0.147 e. The van der Waals surface area contributed by atoms with Crippen molar-refractivity contribution in [2.75, 3.05) is 31.1 Å². The minimum absolute atomic E-state index is 0.473. The quantitative estimate of drug-likeness (QED) is 0.913. The molecule has 0 spiro atoms. The van der Waals surface area contributed by atoms with Crippen molar-refractivity contribution >= 4 is 5.82 Å². The molecule has 1 unspecified atom stereocenters. The van der Waals surface area contributed by atoms with Gasteiger partial charge in [0.2, 0.25) is 0 Å². The Hall–Kier alpha value is -1.20. The Balaban J connectivity index is 1.68. The molecule has 5 heteroatoms. The van der Waals surface area contributed by atoms with E-state index in [1.807, 2.05) is 12.4 Å². The summed E-state index contributed by atoms with van der Waals surface area (Å²) in [7, 11) is 0. The van der Waals surface area contributed by atoms with Gasteiger partial charge >= 0.3 is 0 Å². The molecular formula is C16H27N5. The van der Waals surface area contributed by atoms with Crippen molar-refractivity contribution in [3.63, 3.8) is 0 Å². The molecule has 0 bridgehead atoms. The highest BCUT2D eigenvalue weighted by atomic mass is 15.3. The molecule has 1 N–H and O–H groups in total. The van der Waals surface area contributed by atoms with Gasteiger partial charge in [-0.05, 0) is 25.8 Å². The van der Waals surface area contributed by atoms with Crippen molar-refractivity contribution in [1.82, 2.24) is 20.2 Å². The van der Waals surface area contributed by atoms with Crippen molar-refractivity contribution in [3.8, 4) is 0 Å². The fraction of sp³-hybridized carbons (Fsp3) is 0.750. The fourth-order valence-corrected chi connectivity index (χ4v) is 3.36. The van der Waals surface area contributed by atoms with Gasteiger partial charge < -0.3 is 10.2 Å². The summed E-state index contributed by atoms with van der Waals surface area (Å²) in [4.78, 5) is 14.3. The third-order valence-corrected chi connectivity index (χ3v) is 4.49. The molecular weight excluding hydrogens is 262 g/mol. The summed E-state index contributed by atoms with van der Waals surface area (Å²) >= 11 is 0. The van der Waals surface area contributed by atoms with E-state index in [2.05, 4.69) is 33.9 Å². The van der Waals surface area contributed by atoms with Gasteiger partial charge in [-0.15, -0.1) is 0 Å². The molecule has 3 rings (SSSR count). The van der Waals surface area contributed by atoms with Crippen LogP contribution in [0.5, 0.6) is 0 Å². The van der Waals surface area contributed by atoms with E-state index in [-0.39, 0.29) is 0 Å². The molecule has 0 radical (unpaired) electrons. The molecule has 0 amide bonds. The summed E-state index contributed by atoms with van der Waals surface area (Å²) in [5.74, 6) is 1.05. The topological polar surface area (TPSA) is 44.3 Å². The lowest BCUT2D eigenvalue weighted by molar-refractivity contribution is 0.273. The summed E-state index contributed by atoms with van der Waals surface area (Å²) in [5, 5.41) is 3.41. The van der Waals surface area contributed by atoms with Crippen LogP contribution in [-0.4, -0.2) is 53.1 Å². The van der Waals surface area contributed by atoms with Crippen LogP contribution in [0.25, 0.3) is 0 Å². The van der Waals surface area contributed by atoms with E-state index in [0.29, 0.717) is 12.1 Å². The van der Waals surface area contributed by atoms with Crippen LogP contribution in [0, 0.1) is 0 Å². The highest BCUT2D eigenvalue weighted by Gasteiger charge is 2.29. The second-order valence-electron chi connectivity index (χ2n) is 6.54. The van der Waals surface area contributed by atoms with E-state index in [0.717, 1.165) is 31.1 Å². The number of aromatic nitrogens is 2. The Morgan fingerprint density at radius 1 is 1.24 bits per heavy atom. The third kappa shape index (κ3) is 3.71. The number of hydrogen-bond donors (Lipinski definition) is 1. The third-order valence-electron chi connectivity index (χ3n) is 4.49. The first kappa shape index (κ1) is 14.7. The second-order valence-corrected chi connectivity index (χ2v) is 6.54. The molecule has 2 saturated heterocycles. The molecule has 0 aliphatic carbocycles. The average Bonchev–Trinajstić information content (AvgIpc) is 2.82. The maximum atomic E-state index is 4.81. The van der Waals surface area contributed by atoms with E-state index in [1.54, 1.807) is 0 Å². The molecule has 1 atom stereocenters. The summed E-state index contributed by atoms with van der Waals surface area (Å²) in [6.07, 6.45) is 7.70. The van der Waals surface area contributed by atoms with Gasteiger partial charge in [-0.25, -0.2) is 4.98 Å². The van der Waals surface area contributed by atoms with Crippen LogP contribution < -0.4 is 10.2 Å². The number of fused-ring (bicyclic) bond motifs is 1. The molecule has 2 fully saturated rings. The SMILES string of the molecule is CC(C)NCc1cncc(N2CCCN3CCCC3C2)n1. The van der Waals surface area contributed by atoms with Crippen LogP contribution in [0.4, 0.5) is 5.82 Å². The number of hydrogen-bond acceptors (Lipinski definition) is 5. The zero-order chi connectivity index (χ0) is 14.7. The summed E-state index contributed by atoms with van der Waals surface area (Å²) in [6.45, 7) is 9.83. The first-order valence-corrected chi connectivity index (χ1v) is 8.25. The monoisotopic (exact) mass is 289 g/mol. The van der Waals surface area contributed by atoms with Gasteiger partial charge in [-0.2, -0.15) is 0 Å². The number of anilines is 1. The highest BCUT2D eigenvalue weighted by Crippen LogP contribution is 2.23. The van der Waals surface area contributed by atoms with Gasteiger partial charge in [0, 0.05) is 44.5 Å². The lowest BCUT2D eigenvalue weighted by Gasteiger charge is -2.26. The molecule has 2 aliphatic heterocycles. The molecule has 0 saturated carbocycles. The van der Waals surface area contributed by atoms with Gasteiger partial charge in [0.25, 0.3) is 0 Å². The van der Waals surface area contributed by atoms with Crippen LogP contribution >= 0.6 is 0 Å². The van der Waals surface area contributed by atoms with Crippen LogP contribution in [0.2, 0.25) is 0 Å². The van der Waals surface area contributed by atoms with Crippen LogP contribution in [0.3, 0.4) is 0 Å². The molecule has 3 heterocycles. The van der Waals surface area contributed by atoms with E-state index in [9.17, 15) is 0 Å². The Bertz CT molecular complexity index is 462. The van der Waals surface area contributed by atoms with Gasteiger partial charge in [0.05, 0.1) is 11.9 Å². The standard InChI is InChI=1S/C16H27N5/c1-13(2)18-10-14-9-17-11-16(19-14)21-8-4-7-20-6-3-5-15(20)12-21/h9,11,13,15,18H,3-8,10,12H2,1-2H3. The lowest BCUT2D eigenvalue weighted by atomic mass is 10.2. The summed E-state index contributed by atoms with van der Waals surface area (Å²) in [5.41, 5.74) is 1.04. The number of nitrogens with zero attached hydrogens (tertiary/aromatic N) is 4. The first-order valence-electron chi connectivity index (χ1n) is 8.25. The average molecular weight is 289 g/mol. The summed E-state index contributed by atoms with van der Waals surface area (Å²) in [6, 6.07) is 1.19. The van der Waals surface area contributed by atoms with E-state index in [1.165, 1.54) is 32.4 Å². The van der Waals surface area contributed by atoms with Crippen molar-refractivity contribution in [2.24, 2.45) is 0 Å². The Labute approximate surface area is 127 Å². The fourth-order valence-electron chi connectivity index (χ4n) is 3.36. The molecule has 0 aromatic carbocycles. The van der Waals surface area contributed by atoms with Gasteiger partial charge in [0.15, 0.2) is 0 Å². The highest BCUT2D eigenvalue weighted by molar-refractivity contribution is 5.37. The van der Waals surface area contributed by atoms with Crippen molar-refractivity contribution < 1.29 is 0 Å². The molecule has 1 aromatic rings. The molecule has 21 heavy (non-hydrogen) atoms. The lowest BCUT2D eigenvalue weighted by Crippen LogP contribution is -2.37. The zero-order valence-corrected chi connectivity index (χ0v) is 13.3. The van der Waals surface area contributed by atoms with E-state index < -0.39 is 0 Å². The zero-order valence-electron chi connectivity index (χ0n) is 13.3. The molecule has 5 nitrogen and oxygen atoms in total. The molecule has 2 aliphatic rings. The van der Waals surface area contributed by atoms with Crippen molar-refractivity contribution in [2.45, 2.75) is 51.7 Å². The van der Waals surface area contributed by atoms with E-state index in [4.69, 9.17) is 4.98 Å². The minimum atomic E-state index is 0.473. The maximum absolute atomic E-state index is 4.81. The molecule has 116 valence electrons. The van der Waals surface area contributed by atoms with E-state index >= 15 is 0 Å². The minimum Gasteiger partial charge on any atom is -0.354 e. The van der Waals surface area contributed by atoms with Crippen molar-refractivity contribution in [3.05, 3.63) is 18.1 Å². The predicted molar refractivity (Wildman–Crippen MR) is 85.4 cm³/mol. The first-order chi connectivity index (χ1) is 10.2. The number of nitrogens with one attached hydrogen (secondary N) is 1. The largest absolute Gasteiger partial charge is 0.354 e. The summed E-state index contributed by atoms with van der Waals surface area (Å²) < 4.78 is 0. The number of rotatable bonds is 4. The van der Waals surface area contributed by atoms with Crippen molar-refractivity contribution in [1.29, 1.82) is 0 Å². The van der Waals surface area contributed by atoms with Crippen LogP contribution in [0.1, 0.15) is 38.8 Å². The van der Waals surface area contributed by atoms with Crippen LogP contribution in [0.15, 0.2) is 12.4 Å². The smallest absolute Gasteiger partial charge is 0.147 e. The Morgan fingerprint density at radius 3 is 2.95 bits per heavy atom.